The summed E-state index contributed by atoms with van der Waals surface area (Å²) < 4.78 is 15.9. The maximum absolute atomic E-state index is 13.6. The number of nitrogens with zero attached hydrogens (tertiary/aromatic N) is 5. The number of hydrogen-bond donors (Lipinski definition) is 0. The lowest BCUT2D eigenvalue weighted by Gasteiger charge is -2.02. The van der Waals surface area contributed by atoms with Crippen LogP contribution in [0.4, 0.5) is 4.39 Å². The number of pyridine rings is 1. The Morgan fingerprint density at radius 3 is 3.00 bits per heavy atom. The van der Waals surface area contributed by atoms with Crippen molar-refractivity contribution in [2.75, 3.05) is 0 Å². The van der Waals surface area contributed by atoms with Gasteiger partial charge in [-0.25, -0.2) is 14.1 Å². The van der Waals surface area contributed by atoms with Gasteiger partial charge >= 0.3 is 0 Å². The van der Waals surface area contributed by atoms with Crippen LogP contribution in [0.3, 0.4) is 0 Å². The molecule has 2 aromatic heterocycles. The largest absolute Gasteiger partial charge is 0.245 e. The molecule has 8 heteroatoms. The molecule has 0 spiro atoms. The van der Waals surface area contributed by atoms with E-state index in [0.29, 0.717) is 15.7 Å². The van der Waals surface area contributed by atoms with Gasteiger partial charge in [0.05, 0.1) is 6.04 Å². The Morgan fingerprint density at radius 1 is 1.47 bits per heavy atom. The van der Waals surface area contributed by atoms with E-state index in [1.807, 2.05) is 0 Å². The summed E-state index contributed by atoms with van der Waals surface area (Å²) in [5.74, 6) is -0.380. The summed E-state index contributed by atoms with van der Waals surface area (Å²) in [6.07, 6.45) is 3.71. The lowest BCUT2D eigenvalue weighted by Crippen LogP contribution is -1.99. The van der Waals surface area contributed by atoms with E-state index in [-0.39, 0.29) is 10.8 Å². The third-order valence-electron chi connectivity index (χ3n) is 2.32. The smallest absolute Gasteiger partial charge is 0.215 e. The molecule has 0 saturated heterocycles. The molecule has 0 amide bonds. The number of tetrazole rings is 1. The molecule has 2 aromatic rings. The zero-order chi connectivity index (χ0) is 11.8. The molecule has 0 N–H and O–H groups in total. The topological polar surface area (TPSA) is 56.5 Å². The summed E-state index contributed by atoms with van der Waals surface area (Å²) in [5, 5.41) is 12.3. The van der Waals surface area contributed by atoms with Crippen LogP contribution in [0.25, 0.3) is 0 Å². The van der Waals surface area contributed by atoms with Gasteiger partial charge in [-0.3, -0.25) is 0 Å². The quantitative estimate of drug-likeness (QED) is 0.870. The zero-order valence-electron chi connectivity index (χ0n) is 8.55. The maximum Gasteiger partial charge on any atom is 0.215 e. The van der Waals surface area contributed by atoms with Crippen molar-refractivity contribution in [3.63, 3.8) is 0 Å². The molecule has 3 rings (SSSR count). The van der Waals surface area contributed by atoms with Crippen molar-refractivity contribution in [3.05, 3.63) is 22.6 Å². The lowest BCUT2D eigenvalue weighted by molar-refractivity contribution is 0.561. The highest BCUT2D eigenvalue weighted by Gasteiger charge is 2.28. The van der Waals surface area contributed by atoms with E-state index in [1.54, 1.807) is 10.9 Å². The summed E-state index contributed by atoms with van der Waals surface area (Å²) >= 11 is 4.31. The van der Waals surface area contributed by atoms with Gasteiger partial charge in [0.1, 0.15) is 5.03 Å². The van der Waals surface area contributed by atoms with Gasteiger partial charge in [0.15, 0.2) is 5.82 Å². The molecular formula is C9H7BrFN5S. The van der Waals surface area contributed by atoms with Crippen LogP contribution in [0, 0.1) is 5.82 Å². The molecule has 1 fully saturated rings. The van der Waals surface area contributed by atoms with Crippen molar-refractivity contribution < 1.29 is 4.39 Å². The molecule has 0 aromatic carbocycles. The van der Waals surface area contributed by atoms with Gasteiger partial charge < -0.3 is 0 Å². The number of rotatable bonds is 3. The van der Waals surface area contributed by atoms with Crippen LogP contribution in [-0.2, 0) is 0 Å². The number of halogens is 2. The highest BCUT2D eigenvalue weighted by Crippen LogP contribution is 2.38. The number of aromatic nitrogens is 5. The van der Waals surface area contributed by atoms with Crippen molar-refractivity contribution in [2.45, 2.75) is 29.1 Å². The fourth-order valence-corrected chi connectivity index (χ4v) is 2.46. The van der Waals surface area contributed by atoms with Crippen molar-refractivity contribution in [1.82, 2.24) is 25.2 Å². The molecule has 1 aliphatic carbocycles. The fraction of sp³-hybridized carbons (Fsp3) is 0.333. The first-order chi connectivity index (χ1) is 8.24. The minimum absolute atomic E-state index is 0.282. The molecule has 0 atom stereocenters. The Balaban J connectivity index is 1.88. The van der Waals surface area contributed by atoms with E-state index in [2.05, 4.69) is 36.4 Å². The molecule has 2 heterocycles. The van der Waals surface area contributed by atoms with E-state index in [1.165, 1.54) is 6.07 Å². The summed E-state index contributed by atoms with van der Waals surface area (Å²) in [5.41, 5.74) is 0. The van der Waals surface area contributed by atoms with Gasteiger partial charge in [0, 0.05) is 10.7 Å². The van der Waals surface area contributed by atoms with Crippen molar-refractivity contribution >= 4 is 27.7 Å². The minimum Gasteiger partial charge on any atom is -0.245 e. The predicted molar refractivity (Wildman–Crippen MR) is 62.1 cm³/mol. The SMILES string of the molecule is Fc1cc(Br)cnc1Sc1nnnn1C1CC1. The van der Waals surface area contributed by atoms with Gasteiger partial charge in [-0.1, -0.05) is 0 Å². The average molecular weight is 316 g/mol. The lowest BCUT2D eigenvalue weighted by atomic mass is 10.5. The average Bonchev–Trinajstić information content (AvgIpc) is 3.03. The first kappa shape index (κ1) is 11.1. The van der Waals surface area contributed by atoms with Gasteiger partial charge in [-0.15, -0.1) is 5.10 Å². The van der Waals surface area contributed by atoms with Crippen molar-refractivity contribution in [1.29, 1.82) is 0 Å². The molecule has 0 radical (unpaired) electrons. The monoisotopic (exact) mass is 315 g/mol. The minimum atomic E-state index is -0.380. The Bertz CT molecular complexity index is 556. The van der Waals surface area contributed by atoms with Crippen LogP contribution in [-0.4, -0.2) is 25.2 Å². The van der Waals surface area contributed by atoms with E-state index >= 15 is 0 Å². The Morgan fingerprint density at radius 2 is 2.29 bits per heavy atom. The standard InChI is InChI=1S/C9H7BrFN5S/c10-5-3-7(11)8(12-4-5)17-9-13-14-15-16(9)6-1-2-6/h3-4,6H,1-2H2. The van der Waals surface area contributed by atoms with Gasteiger partial charge in [0.2, 0.25) is 5.16 Å². The van der Waals surface area contributed by atoms with E-state index in [4.69, 9.17) is 0 Å². The fourth-order valence-electron chi connectivity index (χ4n) is 1.36. The van der Waals surface area contributed by atoms with Crippen molar-refractivity contribution in [3.8, 4) is 0 Å². The van der Waals surface area contributed by atoms with Crippen LogP contribution in [0.5, 0.6) is 0 Å². The second-order valence-corrected chi connectivity index (χ2v) is 5.55. The molecule has 0 bridgehead atoms. The van der Waals surface area contributed by atoms with Crippen LogP contribution >= 0.6 is 27.7 Å². The molecular weight excluding hydrogens is 309 g/mol. The van der Waals surface area contributed by atoms with Crippen LogP contribution in [0.2, 0.25) is 0 Å². The van der Waals surface area contributed by atoms with Crippen LogP contribution in [0.15, 0.2) is 26.9 Å². The van der Waals surface area contributed by atoms with Gasteiger partial charge in [-0.05, 0) is 57.0 Å². The summed E-state index contributed by atoms with van der Waals surface area (Å²) in [7, 11) is 0. The normalized spacial score (nSPS) is 15.2. The predicted octanol–water partition coefficient (Wildman–Crippen LogP) is 2.46. The Kier molecular flexibility index (Phi) is 2.83. The first-order valence-corrected chi connectivity index (χ1v) is 6.62. The summed E-state index contributed by atoms with van der Waals surface area (Å²) in [6, 6.07) is 1.74. The second-order valence-electron chi connectivity index (χ2n) is 3.68. The second kappa shape index (κ2) is 4.34. The zero-order valence-corrected chi connectivity index (χ0v) is 10.9. The summed E-state index contributed by atoms with van der Waals surface area (Å²) in [4.78, 5) is 4.01. The van der Waals surface area contributed by atoms with Crippen LogP contribution < -0.4 is 0 Å². The molecule has 17 heavy (non-hydrogen) atoms. The third-order valence-corrected chi connectivity index (χ3v) is 3.70. The maximum atomic E-state index is 13.6. The highest BCUT2D eigenvalue weighted by molar-refractivity contribution is 9.10. The Labute approximate surface area is 109 Å². The molecule has 1 saturated carbocycles. The first-order valence-electron chi connectivity index (χ1n) is 5.01. The highest BCUT2D eigenvalue weighted by atomic mass is 79.9. The summed E-state index contributed by atoms with van der Waals surface area (Å²) in [6.45, 7) is 0. The molecule has 5 nitrogen and oxygen atoms in total. The third kappa shape index (κ3) is 2.32. The Hall–Kier alpha value is -1.02. The van der Waals surface area contributed by atoms with Crippen molar-refractivity contribution in [2.24, 2.45) is 0 Å². The van der Waals surface area contributed by atoms with E-state index < -0.39 is 0 Å². The van der Waals surface area contributed by atoms with Gasteiger partial charge in [-0.2, -0.15) is 0 Å². The molecule has 0 unspecified atom stereocenters. The van der Waals surface area contributed by atoms with Gasteiger partial charge in [0.25, 0.3) is 0 Å². The molecule has 88 valence electrons. The molecule has 0 aliphatic heterocycles. The van der Waals surface area contributed by atoms with Crippen LogP contribution in [0.1, 0.15) is 18.9 Å². The number of hydrogen-bond acceptors (Lipinski definition) is 5. The van der Waals surface area contributed by atoms with E-state index in [9.17, 15) is 4.39 Å². The molecule has 1 aliphatic rings. The van der Waals surface area contributed by atoms with E-state index in [0.717, 1.165) is 24.6 Å².